The Labute approximate surface area is 162 Å². The summed E-state index contributed by atoms with van der Waals surface area (Å²) in [7, 11) is 0. The number of piperidine rings is 1. The van der Waals surface area contributed by atoms with Crippen LogP contribution in [-0.2, 0) is 0 Å². The van der Waals surface area contributed by atoms with E-state index in [4.69, 9.17) is 4.98 Å². The molecule has 0 atom stereocenters. The van der Waals surface area contributed by atoms with Gasteiger partial charge in [-0.05, 0) is 44.9 Å². The van der Waals surface area contributed by atoms with Gasteiger partial charge < -0.3 is 4.90 Å². The Balaban J connectivity index is 1.48. The van der Waals surface area contributed by atoms with Crippen molar-refractivity contribution < 1.29 is 4.79 Å². The number of likely N-dealkylation sites (tertiary alicyclic amines) is 1. The van der Waals surface area contributed by atoms with Crippen LogP contribution in [-0.4, -0.2) is 43.8 Å². The van der Waals surface area contributed by atoms with E-state index in [1.54, 1.807) is 23.7 Å². The summed E-state index contributed by atoms with van der Waals surface area (Å²) >= 11 is 1.58. The van der Waals surface area contributed by atoms with Crippen LogP contribution in [0.3, 0.4) is 0 Å². The number of rotatable bonds is 3. The zero-order valence-electron chi connectivity index (χ0n) is 15.4. The van der Waals surface area contributed by atoms with Crippen LogP contribution >= 0.6 is 11.3 Å². The quantitative estimate of drug-likeness (QED) is 0.695. The summed E-state index contributed by atoms with van der Waals surface area (Å²) in [5.41, 5.74) is 3.31. The lowest BCUT2D eigenvalue weighted by molar-refractivity contribution is 0.0709. The molecule has 1 amide bonds. The molecule has 1 fully saturated rings. The molecule has 27 heavy (non-hydrogen) atoms. The number of carbonyl (C=O) groups excluding carboxylic acids is 1. The first-order valence-electron chi connectivity index (χ1n) is 9.08. The molecule has 0 N–H and O–H groups in total. The highest BCUT2D eigenvalue weighted by Crippen LogP contribution is 2.29. The summed E-state index contributed by atoms with van der Waals surface area (Å²) in [6.45, 7) is 5.29. The molecule has 0 bridgehead atoms. The van der Waals surface area contributed by atoms with Crippen LogP contribution in [0.1, 0.15) is 46.3 Å². The standard InChI is InChI=1S/C20H21N5OS/c1-13-12-17(19-22-8-11-27-19)24-18(23-13)15-5-9-25(10-6-15)20(26)16-4-3-7-21-14(16)2/h3-4,7-8,11-12,15H,5-6,9-10H2,1-2H3. The molecule has 1 aliphatic rings. The lowest BCUT2D eigenvalue weighted by atomic mass is 9.95. The predicted octanol–water partition coefficient (Wildman–Crippen LogP) is 3.63. The minimum Gasteiger partial charge on any atom is -0.339 e. The van der Waals surface area contributed by atoms with Crippen molar-refractivity contribution in [2.75, 3.05) is 13.1 Å². The summed E-state index contributed by atoms with van der Waals surface area (Å²) in [6, 6.07) is 5.64. The SMILES string of the molecule is Cc1cc(-c2nccs2)nc(C2CCN(C(=O)c3cccnc3C)CC2)n1. The molecule has 0 unspecified atom stereocenters. The molecule has 0 aromatic carbocycles. The van der Waals surface area contributed by atoms with Crippen LogP contribution in [0.25, 0.3) is 10.7 Å². The number of aromatic nitrogens is 4. The predicted molar refractivity (Wildman–Crippen MR) is 105 cm³/mol. The molecule has 4 heterocycles. The molecule has 1 saturated heterocycles. The average molecular weight is 379 g/mol. The van der Waals surface area contributed by atoms with Crippen molar-refractivity contribution in [2.24, 2.45) is 0 Å². The van der Waals surface area contributed by atoms with Crippen molar-refractivity contribution in [2.45, 2.75) is 32.6 Å². The minimum atomic E-state index is 0.0627. The molecule has 0 aliphatic carbocycles. The third kappa shape index (κ3) is 3.73. The van der Waals surface area contributed by atoms with Crippen molar-refractivity contribution in [3.8, 4) is 10.7 Å². The van der Waals surface area contributed by atoms with E-state index in [1.165, 1.54) is 0 Å². The van der Waals surface area contributed by atoms with E-state index in [9.17, 15) is 4.79 Å². The van der Waals surface area contributed by atoms with Gasteiger partial charge in [0.25, 0.3) is 5.91 Å². The third-order valence-corrected chi connectivity index (χ3v) is 5.70. The second-order valence-corrected chi connectivity index (χ2v) is 7.69. The maximum Gasteiger partial charge on any atom is 0.255 e. The van der Waals surface area contributed by atoms with Crippen molar-refractivity contribution in [3.05, 3.63) is 58.7 Å². The van der Waals surface area contributed by atoms with Gasteiger partial charge >= 0.3 is 0 Å². The number of amides is 1. The van der Waals surface area contributed by atoms with Crippen LogP contribution in [0.4, 0.5) is 0 Å². The van der Waals surface area contributed by atoms with Gasteiger partial charge in [0, 0.05) is 48.2 Å². The Hall–Kier alpha value is -2.67. The molecule has 6 nitrogen and oxygen atoms in total. The van der Waals surface area contributed by atoms with Gasteiger partial charge in [-0.3, -0.25) is 9.78 Å². The fraction of sp³-hybridized carbons (Fsp3) is 0.350. The van der Waals surface area contributed by atoms with Gasteiger partial charge in [-0.1, -0.05) is 0 Å². The summed E-state index contributed by atoms with van der Waals surface area (Å²) in [5.74, 6) is 1.19. The summed E-state index contributed by atoms with van der Waals surface area (Å²) in [6.07, 6.45) is 5.24. The maximum absolute atomic E-state index is 12.8. The van der Waals surface area contributed by atoms with Crippen molar-refractivity contribution >= 4 is 17.2 Å². The van der Waals surface area contributed by atoms with E-state index in [0.717, 1.165) is 40.8 Å². The van der Waals surface area contributed by atoms with Crippen LogP contribution in [0.5, 0.6) is 0 Å². The van der Waals surface area contributed by atoms with Crippen LogP contribution in [0, 0.1) is 13.8 Å². The Morgan fingerprint density at radius 2 is 1.96 bits per heavy atom. The molecule has 0 radical (unpaired) electrons. The first-order chi connectivity index (χ1) is 13.1. The van der Waals surface area contributed by atoms with Gasteiger partial charge in [0.2, 0.25) is 0 Å². The van der Waals surface area contributed by atoms with Crippen LogP contribution in [0.2, 0.25) is 0 Å². The molecule has 3 aromatic heterocycles. The Kier molecular flexibility index (Phi) is 4.94. The second kappa shape index (κ2) is 7.52. The van der Waals surface area contributed by atoms with Gasteiger partial charge in [-0.2, -0.15) is 0 Å². The van der Waals surface area contributed by atoms with Gasteiger partial charge in [0.15, 0.2) is 0 Å². The lowest BCUT2D eigenvalue weighted by Gasteiger charge is -2.31. The number of thiazole rings is 1. The summed E-state index contributed by atoms with van der Waals surface area (Å²) in [4.78, 5) is 32.7. The minimum absolute atomic E-state index is 0.0627. The van der Waals surface area contributed by atoms with Crippen LogP contribution < -0.4 is 0 Å². The highest BCUT2D eigenvalue weighted by molar-refractivity contribution is 7.13. The molecule has 1 aliphatic heterocycles. The van der Waals surface area contributed by atoms with E-state index in [0.29, 0.717) is 18.7 Å². The number of pyridine rings is 1. The first kappa shape index (κ1) is 17.7. The topological polar surface area (TPSA) is 71.9 Å². The zero-order valence-corrected chi connectivity index (χ0v) is 16.2. The average Bonchev–Trinajstić information content (AvgIpc) is 3.22. The monoisotopic (exact) mass is 379 g/mol. The number of aryl methyl sites for hydroxylation is 2. The van der Waals surface area contributed by atoms with Crippen molar-refractivity contribution in [3.63, 3.8) is 0 Å². The maximum atomic E-state index is 12.8. The molecule has 138 valence electrons. The zero-order chi connectivity index (χ0) is 18.8. The van der Waals surface area contributed by atoms with E-state index in [2.05, 4.69) is 15.0 Å². The number of carbonyl (C=O) groups is 1. The normalized spacial score (nSPS) is 15.1. The van der Waals surface area contributed by atoms with E-state index >= 15 is 0 Å². The van der Waals surface area contributed by atoms with E-state index < -0.39 is 0 Å². The summed E-state index contributed by atoms with van der Waals surface area (Å²) < 4.78 is 0. The molecule has 7 heteroatoms. The molecular formula is C20H21N5OS. The highest BCUT2D eigenvalue weighted by Gasteiger charge is 2.27. The summed E-state index contributed by atoms with van der Waals surface area (Å²) in [5, 5.41) is 2.87. The number of nitrogens with zero attached hydrogens (tertiary/aromatic N) is 5. The molecule has 0 spiro atoms. The Morgan fingerprint density at radius 1 is 1.15 bits per heavy atom. The van der Waals surface area contributed by atoms with Crippen molar-refractivity contribution in [1.29, 1.82) is 0 Å². The van der Waals surface area contributed by atoms with Crippen LogP contribution in [0.15, 0.2) is 36.0 Å². The third-order valence-electron chi connectivity index (χ3n) is 4.91. The fourth-order valence-corrected chi connectivity index (χ4v) is 4.05. The molecule has 4 rings (SSSR count). The van der Waals surface area contributed by atoms with E-state index in [1.807, 2.05) is 42.3 Å². The lowest BCUT2D eigenvalue weighted by Crippen LogP contribution is -2.38. The number of hydrogen-bond donors (Lipinski definition) is 0. The number of hydrogen-bond acceptors (Lipinski definition) is 6. The molecule has 0 saturated carbocycles. The van der Waals surface area contributed by atoms with Gasteiger partial charge in [-0.15, -0.1) is 11.3 Å². The van der Waals surface area contributed by atoms with Gasteiger partial charge in [-0.25, -0.2) is 15.0 Å². The molecular weight excluding hydrogens is 358 g/mol. The molecule has 3 aromatic rings. The van der Waals surface area contributed by atoms with Crippen molar-refractivity contribution in [1.82, 2.24) is 24.8 Å². The highest BCUT2D eigenvalue weighted by atomic mass is 32.1. The Bertz CT molecular complexity index is 949. The first-order valence-corrected chi connectivity index (χ1v) is 9.96. The fourth-order valence-electron chi connectivity index (χ4n) is 3.45. The largest absolute Gasteiger partial charge is 0.339 e. The Morgan fingerprint density at radius 3 is 2.67 bits per heavy atom. The smallest absolute Gasteiger partial charge is 0.255 e. The van der Waals surface area contributed by atoms with Gasteiger partial charge in [0.05, 0.1) is 5.56 Å². The van der Waals surface area contributed by atoms with Gasteiger partial charge in [0.1, 0.15) is 16.5 Å². The second-order valence-electron chi connectivity index (χ2n) is 6.79. The van der Waals surface area contributed by atoms with E-state index in [-0.39, 0.29) is 11.8 Å².